The Morgan fingerprint density at radius 1 is 1.70 bits per heavy atom. The van der Waals surface area contributed by atoms with Crippen molar-refractivity contribution >= 4 is 17.1 Å². The molecule has 1 heterocycles. The molecule has 0 saturated heterocycles. The smallest absolute Gasteiger partial charge is 0.186 e. The molecule has 0 aliphatic carbocycles. The van der Waals surface area contributed by atoms with E-state index in [2.05, 4.69) is 0 Å². The minimum absolute atomic E-state index is 0.0868. The third-order valence-electron chi connectivity index (χ3n) is 1.12. The lowest BCUT2D eigenvalue weighted by molar-refractivity contribution is 0.104. The second-order valence-corrected chi connectivity index (χ2v) is 2.66. The number of carbonyl (C=O) groups excluding carboxylic acids is 1. The minimum atomic E-state index is 0.0868. The standard InChI is InChI=1S/C8H8OS/c1-2-3-8(9)7-4-5-10-6-7/h2-6H,1H3/b3-2+. The van der Waals surface area contributed by atoms with Crippen molar-refractivity contribution in [2.75, 3.05) is 0 Å². The predicted molar refractivity (Wildman–Crippen MR) is 43.5 cm³/mol. The molecule has 0 radical (unpaired) electrons. The zero-order valence-electron chi connectivity index (χ0n) is 5.70. The van der Waals surface area contributed by atoms with Crippen LogP contribution in [-0.2, 0) is 0 Å². The van der Waals surface area contributed by atoms with Gasteiger partial charge in [0.05, 0.1) is 0 Å². The molecule has 0 amide bonds. The zero-order chi connectivity index (χ0) is 7.40. The second-order valence-electron chi connectivity index (χ2n) is 1.88. The topological polar surface area (TPSA) is 17.1 Å². The Hall–Kier alpha value is -0.890. The van der Waals surface area contributed by atoms with E-state index in [1.807, 2.05) is 23.8 Å². The Morgan fingerprint density at radius 2 is 2.50 bits per heavy atom. The summed E-state index contributed by atoms with van der Waals surface area (Å²) in [6, 6.07) is 1.83. The van der Waals surface area contributed by atoms with Crippen molar-refractivity contribution in [1.29, 1.82) is 0 Å². The molecule has 0 aliphatic heterocycles. The van der Waals surface area contributed by atoms with Gasteiger partial charge < -0.3 is 0 Å². The average molecular weight is 152 g/mol. The van der Waals surface area contributed by atoms with Crippen LogP contribution in [0.15, 0.2) is 29.0 Å². The summed E-state index contributed by atoms with van der Waals surface area (Å²) >= 11 is 1.54. The maximum absolute atomic E-state index is 11.0. The van der Waals surface area contributed by atoms with E-state index < -0.39 is 0 Å². The van der Waals surface area contributed by atoms with Gasteiger partial charge in [-0.2, -0.15) is 11.3 Å². The molecule has 1 aromatic rings. The van der Waals surface area contributed by atoms with Crippen LogP contribution < -0.4 is 0 Å². The Bertz CT molecular complexity index is 234. The molecule has 52 valence electrons. The second kappa shape index (κ2) is 3.32. The predicted octanol–water partition coefficient (Wildman–Crippen LogP) is 2.51. The van der Waals surface area contributed by atoms with Gasteiger partial charge in [0, 0.05) is 10.9 Å². The summed E-state index contributed by atoms with van der Waals surface area (Å²) in [5, 5.41) is 3.75. The number of thiophene rings is 1. The minimum Gasteiger partial charge on any atom is -0.289 e. The fourth-order valence-corrected chi connectivity index (χ4v) is 1.30. The number of carbonyl (C=O) groups is 1. The first-order valence-electron chi connectivity index (χ1n) is 3.04. The van der Waals surface area contributed by atoms with Crippen LogP contribution >= 0.6 is 11.3 Å². The van der Waals surface area contributed by atoms with Crippen molar-refractivity contribution in [3.8, 4) is 0 Å². The van der Waals surface area contributed by atoms with Crippen LogP contribution in [0.25, 0.3) is 0 Å². The fraction of sp³-hybridized carbons (Fsp3) is 0.125. The van der Waals surface area contributed by atoms with Crippen molar-refractivity contribution < 1.29 is 4.79 Å². The van der Waals surface area contributed by atoms with Crippen molar-refractivity contribution in [3.63, 3.8) is 0 Å². The molecule has 10 heavy (non-hydrogen) atoms. The molecule has 0 aromatic carbocycles. The SMILES string of the molecule is C/C=C/C(=O)c1ccsc1. The highest BCUT2D eigenvalue weighted by Gasteiger charge is 1.98. The number of allylic oxidation sites excluding steroid dienone is 2. The van der Waals surface area contributed by atoms with E-state index in [1.54, 1.807) is 12.2 Å². The molecule has 0 bridgehead atoms. The van der Waals surface area contributed by atoms with Crippen LogP contribution in [0, 0.1) is 0 Å². The van der Waals surface area contributed by atoms with E-state index in [0.717, 1.165) is 5.56 Å². The van der Waals surface area contributed by atoms with Crippen LogP contribution in [0.3, 0.4) is 0 Å². The normalized spacial score (nSPS) is 10.5. The summed E-state index contributed by atoms with van der Waals surface area (Å²) in [7, 11) is 0. The molecule has 0 N–H and O–H groups in total. The van der Waals surface area contributed by atoms with E-state index in [0.29, 0.717) is 0 Å². The maximum Gasteiger partial charge on any atom is 0.186 e. The van der Waals surface area contributed by atoms with Crippen LogP contribution in [0.1, 0.15) is 17.3 Å². The molecule has 1 rings (SSSR count). The largest absolute Gasteiger partial charge is 0.289 e. The molecule has 0 unspecified atom stereocenters. The Labute approximate surface area is 64.0 Å². The Morgan fingerprint density at radius 3 is 3.00 bits per heavy atom. The Kier molecular flexibility index (Phi) is 2.40. The summed E-state index contributed by atoms with van der Waals surface area (Å²) in [5.74, 6) is 0.0868. The summed E-state index contributed by atoms with van der Waals surface area (Å²) in [5.41, 5.74) is 0.781. The van der Waals surface area contributed by atoms with Crippen molar-refractivity contribution in [3.05, 3.63) is 34.5 Å². The number of hydrogen-bond donors (Lipinski definition) is 0. The van der Waals surface area contributed by atoms with Crippen molar-refractivity contribution in [1.82, 2.24) is 0 Å². The zero-order valence-corrected chi connectivity index (χ0v) is 6.52. The van der Waals surface area contributed by atoms with Gasteiger partial charge in [0.15, 0.2) is 5.78 Å². The first-order chi connectivity index (χ1) is 4.84. The third-order valence-corrected chi connectivity index (χ3v) is 1.81. The van der Waals surface area contributed by atoms with Crippen LogP contribution in [-0.4, -0.2) is 5.78 Å². The van der Waals surface area contributed by atoms with E-state index in [-0.39, 0.29) is 5.78 Å². The molecule has 0 atom stereocenters. The highest BCUT2D eigenvalue weighted by Crippen LogP contribution is 2.06. The molecule has 0 aliphatic rings. The van der Waals surface area contributed by atoms with Crippen LogP contribution in [0.5, 0.6) is 0 Å². The number of rotatable bonds is 2. The fourth-order valence-electron chi connectivity index (χ4n) is 0.652. The molecule has 1 nitrogen and oxygen atoms in total. The molecule has 1 aromatic heterocycles. The lowest BCUT2D eigenvalue weighted by atomic mass is 10.2. The van der Waals surface area contributed by atoms with Crippen molar-refractivity contribution in [2.24, 2.45) is 0 Å². The van der Waals surface area contributed by atoms with Gasteiger partial charge in [-0.1, -0.05) is 6.08 Å². The summed E-state index contributed by atoms with van der Waals surface area (Å²) in [6.07, 6.45) is 3.32. The quantitative estimate of drug-likeness (QED) is 0.470. The van der Waals surface area contributed by atoms with Gasteiger partial charge in [-0.3, -0.25) is 4.79 Å². The first-order valence-corrected chi connectivity index (χ1v) is 3.98. The lowest BCUT2D eigenvalue weighted by Crippen LogP contribution is -1.88. The third kappa shape index (κ3) is 1.54. The molecular formula is C8H8OS. The van der Waals surface area contributed by atoms with Gasteiger partial charge in [-0.25, -0.2) is 0 Å². The highest BCUT2D eigenvalue weighted by atomic mass is 32.1. The van der Waals surface area contributed by atoms with Crippen LogP contribution in [0.4, 0.5) is 0 Å². The number of ketones is 1. The number of hydrogen-bond acceptors (Lipinski definition) is 2. The van der Waals surface area contributed by atoms with Gasteiger partial charge >= 0.3 is 0 Å². The van der Waals surface area contributed by atoms with Gasteiger partial charge in [0.2, 0.25) is 0 Å². The van der Waals surface area contributed by atoms with E-state index >= 15 is 0 Å². The van der Waals surface area contributed by atoms with Gasteiger partial charge in [0.1, 0.15) is 0 Å². The van der Waals surface area contributed by atoms with E-state index in [9.17, 15) is 4.79 Å². The maximum atomic E-state index is 11.0. The Balaban J connectivity index is 2.78. The summed E-state index contributed by atoms with van der Waals surface area (Å²) in [4.78, 5) is 11.0. The van der Waals surface area contributed by atoms with Crippen molar-refractivity contribution in [2.45, 2.75) is 6.92 Å². The molecular weight excluding hydrogens is 144 g/mol. The monoisotopic (exact) mass is 152 g/mol. The summed E-state index contributed by atoms with van der Waals surface area (Å²) in [6.45, 7) is 1.84. The summed E-state index contributed by atoms with van der Waals surface area (Å²) < 4.78 is 0. The molecule has 0 spiro atoms. The average Bonchev–Trinajstić information content (AvgIpc) is 2.38. The molecule has 0 fully saturated rings. The van der Waals surface area contributed by atoms with Gasteiger partial charge in [-0.05, 0) is 24.4 Å². The van der Waals surface area contributed by atoms with E-state index in [4.69, 9.17) is 0 Å². The first kappa shape index (κ1) is 7.22. The van der Waals surface area contributed by atoms with Gasteiger partial charge in [0.25, 0.3) is 0 Å². The molecule has 2 heteroatoms. The van der Waals surface area contributed by atoms with Crippen LogP contribution in [0.2, 0.25) is 0 Å². The van der Waals surface area contributed by atoms with Gasteiger partial charge in [-0.15, -0.1) is 0 Å². The van der Waals surface area contributed by atoms with E-state index in [1.165, 1.54) is 11.3 Å². The highest BCUT2D eigenvalue weighted by molar-refractivity contribution is 7.08. The molecule has 0 saturated carbocycles. The lowest BCUT2D eigenvalue weighted by Gasteiger charge is -1.84.